The topological polar surface area (TPSA) is 29.9 Å². The van der Waals surface area contributed by atoms with Gasteiger partial charge in [0, 0.05) is 12.6 Å². The van der Waals surface area contributed by atoms with Crippen LogP contribution >= 0.6 is 15.9 Å². The molecule has 2 aliphatic rings. The molecule has 4 heteroatoms. The fourth-order valence-electron chi connectivity index (χ4n) is 2.55. The van der Waals surface area contributed by atoms with Crippen molar-refractivity contribution in [2.75, 3.05) is 0 Å². The van der Waals surface area contributed by atoms with Crippen molar-refractivity contribution in [3.8, 4) is 0 Å². The highest BCUT2D eigenvalue weighted by Gasteiger charge is 2.21. The van der Waals surface area contributed by atoms with E-state index >= 15 is 0 Å². The van der Waals surface area contributed by atoms with Crippen molar-refractivity contribution in [3.63, 3.8) is 0 Å². The summed E-state index contributed by atoms with van der Waals surface area (Å²) in [6.07, 6.45) is 7.85. The number of rotatable bonds is 3. The molecule has 16 heavy (non-hydrogen) atoms. The molecule has 1 N–H and O–H groups in total. The number of nitrogens with one attached hydrogen (secondary N) is 1. The number of fused-ring (bicyclic) bond motifs is 1. The largest absolute Gasteiger partial charge is 0.330 e. The Labute approximate surface area is 105 Å². The average Bonchev–Trinajstić information content (AvgIpc) is 2.55. The lowest BCUT2D eigenvalue weighted by Gasteiger charge is -2.26. The van der Waals surface area contributed by atoms with Crippen LogP contribution in [-0.4, -0.2) is 15.6 Å². The molecule has 2 heterocycles. The minimum absolute atomic E-state index is 0.746. The van der Waals surface area contributed by atoms with Crippen molar-refractivity contribution in [2.45, 2.75) is 57.7 Å². The molecule has 0 radical (unpaired) electrons. The van der Waals surface area contributed by atoms with Crippen LogP contribution in [0, 0.1) is 0 Å². The summed E-state index contributed by atoms with van der Waals surface area (Å²) in [4.78, 5) is 4.64. The van der Waals surface area contributed by atoms with Crippen molar-refractivity contribution in [2.24, 2.45) is 0 Å². The smallest absolute Gasteiger partial charge is 0.127 e. The first-order chi connectivity index (χ1) is 7.84. The van der Waals surface area contributed by atoms with Gasteiger partial charge in [0.2, 0.25) is 0 Å². The molecule has 88 valence electrons. The molecule has 0 aromatic carbocycles. The third kappa shape index (κ3) is 1.93. The van der Waals surface area contributed by atoms with Gasteiger partial charge >= 0.3 is 0 Å². The second-order valence-electron chi connectivity index (χ2n) is 4.88. The zero-order valence-corrected chi connectivity index (χ0v) is 11.1. The summed E-state index contributed by atoms with van der Waals surface area (Å²) < 4.78 is 3.47. The standard InChI is InChI=1S/C12H18BrN3/c13-12-10-6-1-2-7-16(10)11(15-12)8-14-9-4-3-5-9/h9,14H,1-8H2. The first-order valence-electron chi connectivity index (χ1n) is 6.32. The molecule has 0 amide bonds. The van der Waals surface area contributed by atoms with E-state index < -0.39 is 0 Å². The van der Waals surface area contributed by atoms with Crippen LogP contribution in [0.4, 0.5) is 0 Å². The van der Waals surface area contributed by atoms with Crippen LogP contribution in [-0.2, 0) is 19.5 Å². The molecular weight excluding hydrogens is 266 g/mol. The molecule has 0 bridgehead atoms. The zero-order chi connectivity index (χ0) is 11.0. The molecule has 3 rings (SSSR count). The Bertz CT molecular complexity index is 382. The Balaban J connectivity index is 1.73. The van der Waals surface area contributed by atoms with Gasteiger partial charge in [0.05, 0.1) is 12.2 Å². The summed E-state index contributed by atoms with van der Waals surface area (Å²) in [5, 5.41) is 3.59. The van der Waals surface area contributed by atoms with Crippen LogP contribution in [0.5, 0.6) is 0 Å². The highest BCUT2D eigenvalue weighted by Crippen LogP contribution is 2.25. The molecule has 0 spiro atoms. The van der Waals surface area contributed by atoms with Gasteiger partial charge in [0.25, 0.3) is 0 Å². The van der Waals surface area contributed by atoms with Crippen LogP contribution in [0.1, 0.15) is 43.6 Å². The van der Waals surface area contributed by atoms with Crippen LogP contribution in [0.15, 0.2) is 4.60 Å². The number of nitrogens with zero attached hydrogens (tertiary/aromatic N) is 2. The Morgan fingerprint density at radius 1 is 1.31 bits per heavy atom. The number of hydrogen-bond donors (Lipinski definition) is 1. The average molecular weight is 284 g/mol. The second-order valence-corrected chi connectivity index (χ2v) is 5.63. The lowest BCUT2D eigenvalue weighted by atomic mass is 9.93. The number of halogens is 1. The zero-order valence-electron chi connectivity index (χ0n) is 9.51. The highest BCUT2D eigenvalue weighted by atomic mass is 79.9. The minimum Gasteiger partial charge on any atom is -0.330 e. The molecular formula is C12H18BrN3. The molecule has 0 atom stereocenters. The van der Waals surface area contributed by atoms with Gasteiger partial charge in [-0.15, -0.1) is 0 Å². The van der Waals surface area contributed by atoms with Crippen LogP contribution in [0.25, 0.3) is 0 Å². The van der Waals surface area contributed by atoms with E-state index in [9.17, 15) is 0 Å². The van der Waals surface area contributed by atoms with Gasteiger partial charge in [-0.05, 0) is 48.0 Å². The third-order valence-electron chi connectivity index (χ3n) is 3.80. The maximum absolute atomic E-state index is 4.64. The molecule has 1 aliphatic carbocycles. The molecule has 3 nitrogen and oxygen atoms in total. The fourth-order valence-corrected chi connectivity index (χ4v) is 3.17. The Morgan fingerprint density at radius 3 is 2.94 bits per heavy atom. The number of imidazole rings is 1. The van der Waals surface area contributed by atoms with Crippen molar-refractivity contribution in [1.29, 1.82) is 0 Å². The molecule has 1 saturated carbocycles. The van der Waals surface area contributed by atoms with E-state index in [1.54, 1.807) is 0 Å². The van der Waals surface area contributed by atoms with E-state index in [1.165, 1.54) is 50.0 Å². The molecule has 0 unspecified atom stereocenters. The van der Waals surface area contributed by atoms with E-state index in [4.69, 9.17) is 0 Å². The highest BCUT2D eigenvalue weighted by molar-refractivity contribution is 9.10. The minimum atomic E-state index is 0.746. The lowest BCUT2D eigenvalue weighted by molar-refractivity contribution is 0.332. The van der Waals surface area contributed by atoms with E-state index in [0.29, 0.717) is 0 Å². The molecule has 1 fully saturated rings. The van der Waals surface area contributed by atoms with Crippen LogP contribution < -0.4 is 5.32 Å². The molecule has 1 aromatic rings. The van der Waals surface area contributed by atoms with Crippen molar-refractivity contribution < 1.29 is 0 Å². The third-order valence-corrected chi connectivity index (χ3v) is 4.44. The Kier molecular flexibility index (Phi) is 3.03. The Hall–Kier alpha value is -0.350. The molecule has 1 aromatic heterocycles. The predicted octanol–water partition coefficient (Wildman–Crippen LogP) is 2.62. The van der Waals surface area contributed by atoms with E-state index in [-0.39, 0.29) is 0 Å². The SMILES string of the molecule is Brc1nc(CNC2CCC2)n2c1CCCC2. The first kappa shape index (κ1) is 10.8. The van der Waals surface area contributed by atoms with Crippen molar-refractivity contribution in [3.05, 3.63) is 16.1 Å². The van der Waals surface area contributed by atoms with E-state index in [0.717, 1.165) is 23.7 Å². The predicted molar refractivity (Wildman–Crippen MR) is 67.3 cm³/mol. The Morgan fingerprint density at radius 2 is 2.19 bits per heavy atom. The quantitative estimate of drug-likeness (QED) is 0.924. The van der Waals surface area contributed by atoms with Crippen LogP contribution in [0.3, 0.4) is 0 Å². The molecule has 0 saturated heterocycles. The summed E-state index contributed by atoms with van der Waals surface area (Å²) in [6, 6.07) is 0.746. The summed E-state index contributed by atoms with van der Waals surface area (Å²) in [6.45, 7) is 2.08. The number of hydrogen-bond acceptors (Lipinski definition) is 2. The van der Waals surface area contributed by atoms with Gasteiger partial charge in [-0.25, -0.2) is 4.98 Å². The van der Waals surface area contributed by atoms with Crippen molar-refractivity contribution in [1.82, 2.24) is 14.9 Å². The summed E-state index contributed by atoms with van der Waals surface area (Å²) in [5.74, 6) is 1.22. The van der Waals surface area contributed by atoms with Crippen molar-refractivity contribution >= 4 is 15.9 Å². The summed E-state index contributed by atoms with van der Waals surface area (Å²) in [7, 11) is 0. The first-order valence-corrected chi connectivity index (χ1v) is 7.11. The normalized spacial score (nSPS) is 20.6. The number of aromatic nitrogens is 2. The van der Waals surface area contributed by atoms with Gasteiger partial charge in [-0.2, -0.15) is 0 Å². The van der Waals surface area contributed by atoms with E-state index in [1.807, 2.05) is 0 Å². The monoisotopic (exact) mass is 283 g/mol. The van der Waals surface area contributed by atoms with Crippen LogP contribution in [0.2, 0.25) is 0 Å². The summed E-state index contributed by atoms with van der Waals surface area (Å²) >= 11 is 3.58. The van der Waals surface area contributed by atoms with Gasteiger partial charge in [0.15, 0.2) is 0 Å². The maximum Gasteiger partial charge on any atom is 0.127 e. The van der Waals surface area contributed by atoms with Gasteiger partial charge in [-0.1, -0.05) is 6.42 Å². The van der Waals surface area contributed by atoms with Gasteiger partial charge < -0.3 is 9.88 Å². The van der Waals surface area contributed by atoms with Gasteiger partial charge in [-0.3, -0.25) is 0 Å². The lowest BCUT2D eigenvalue weighted by Crippen LogP contribution is -2.35. The van der Waals surface area contributed by atoms with Gasteiger partial charge in [0.1, 0.15) is 10.4 Å². The summed E-state index contributed by atoms with van der Waals surface area (Å²) in [5.41, 5.74) is 1.40. The van der Waals surface area contributed by atoms with E-state index in [2.05, 4.69) is 30.8 Å². The second kappa shape index (κ2) is 4.49. The fraction of sp³-hybridized carbons (Fsp3) is 0.750. The molecule has 1 aliphatic heterocycles. The maximum atomic E-state index is 4.64.